The number of unbranched alkanes of at least 4 members (excludes halogenated alkanes) is 1. The molecular formula is C14H30N2O2. The molecule has 1 saturated heterocycles. The van der Waals surface area contributed by atoms with Crippen LogP contribution in [0.2, 0.25) is 0 Å². The molecule has 0 aromatic heterocycles. The molecule has 1 fully saturated rings. The SMILES string of the molecule is CC.CCCCN1CC(CN(C)CCC)OC1=O. The number of cyclic esters (lactones) is 1. The Hall–Kier alpha value is -0.770. The van der Waals surface area contributed by atoms with Gasteiger partial charge in [-0.3, -0.25) is 0 Å². The fraction of sp³-hybridized carbons (Fsp3) is 0.929. The Morgan fingerprint density at radius 1 is 1.33 bits per heavy atom. The van der Waals surface area contributed by atoms with E-state index in [-0.39, 0.29) is 12.2 Å². The third-order valence-corrected chi connectivity index (χ3v) is 2.85. The molecule has 0 radical (unpaired) electrons. The highest BCUT2D eigenvalue weighted by Gasteiger charge is 2.30. The second-order valence-electron chi connectivity index (χ2n) is 4.57. The summed E-state index contributed by atoms with van der Waals surface area (Å²) >= 11 is 0. The molecule has 1 amide bonds. The quantitative estimate of drug-likeness (QED) is 0.704. The van der Waals surface area contributed by atoms with Crippen LogP contribution in [0.5, 0.6) is 0 Å². The lowest BCUT2D eigenvalue weighted by molar-refractivity contribution is 0.113. The minimum atomic E-state index is -0.136. The van der Waals surface area contributed by atoms with Gasteiger partial charge < -0.3 is 14.5 Å². The topological polar surface area (TPSA) is 32.8 Å². The number of carbonyl (C=O) groups excluding carboxylic acids is 1. The van der Waals surface area contributed by atoms with E-state index in [4.69, 9.17) is 4.74 Å². The molecule has 0 aromatic rings. The Bertz CT molecular complexity index is 222. The average Bonchev–Trinajstić information content (AvgIpc) is 2.69. The highest BCUT2D eigenvalue weighted by Crippen LogP contribution is 2.13. The van der Waals surface area contributed by atoms with Gasteiger partial charge in [0.2, 0.25) is 0 Å². The van der Waals surface area contributed by atoms with Crippen LogP contribution in [0.25, 0.3) is 0 Å². The van der Waals surface area contributed by atoms with E-state index in [1.54, 1.807) is 0 Å². The van der Waals surface area contributed by atoms with Crippen LogP contribution in [0.4, 0.5) is 4.79 Å². The van der Waals surface area contributed by atoms with Gasteiger partial charge in [0, 0.05) is 13.1 Å². The molecule has 1 unspecified atom stereocenters. The smallest absolute Gasteiger partial charge is 0.410 e. The Morgan fingerprint density at radius 2 is 2.00 bits per heavy atom. The zero-order valence-electron chi connectivity index (χ0n) is 12.7. The molecule has 1 atom stereocenters. The van der Waals surface area contributed by atoms with Crippen molar-refractivity contribution in [3.63, 3.8) is 0 Å². The molecule has 108 valence electrons. The highest BCUT2D eigenvalue weighted by atomic mass is 16.6. The maximum Gasteiger partial charge on any atom is 0.410 e. The number of likely N-dealkylation sites (N-methyl/N-ethyl adjacent to an activating group) is 1. The minimum absolute atomic E-state index is 0.0564. The van der Waals surface area contributed by atoms with E-state index < -0.39 is 0 Å². The maximum atomic E-state index is 11.5. The van der Waals surface area contributed by atoms with Gasteiger partial charge in [-0.25, -0.2) is 4.79 Å². The molecule has 4 heteroatoms. The number of carbonyl (C=O) groups is 1. The molecular weight excluding hydrogens is 228 g/mol. The van der Waals surface area contributed by atoms with Gasteiger partial charge in [-0.2, -0.15) is 0 Å². The van der Waals surface area contributed by atoms with Gasteiger partial charge in [-0.1, -0.05) is 34.1 Å². The van der Waals surface area contributed by atoms with Crippen molar-refractivity contribution in [2.75, 3.05) is 33.2 Å². The van der Waals surface area contributed by atoms with Crippen molar-refractivity contribution in [2.24, 2.45) is 0 Å². The van der Waals surface area contributed by atoms with Crippen LogP contribution < -0.4 is 0 Å². The van der Waals surface area contributed by atoms with Crippen molar-refractivity contribution in [3.8, 4) is 0 Å². The number of amides is 1. The predicted octanol–water partition coefficient (Wildman–Crippen LogP) is 2.98. The molecule has 1 rings (SSSR count). The van der Waals surface area contributed by atoms with Crippen molar-refractivity contribution >= 4 is 6.09 Å². The van der Waals surface area contributed by atoms with Gasteiger partial charge >= 0.3 is 6.09 Å². The molecule has 4 nitrogen and oxygen atoms in total. The van der Waals surface area contributed by atoms with Gasteiger partial charge in [0.15, 0.2) is 0 Å². The van der Waals surface area contributed by atoms with Crippen LogP contribution in [-0.2, 0) is 4.74 Å². The summed E-state index contributed by atoms with van der Waals surface area (Å²) in [5.74, 6) is 0. The molecule has 0 N–H and O–H groups in total. The normalized spacial score (nSPS) is 18.7. The molecule has 0 saturated carbocycles. The lowest BCUT2D eigenvalue weighted by Crippen LogP contribution is -2.33. The lowest BCUT2D eigenvalue weighted by atomic mass is 10.3. The van der Waals surface area contributed by atoms with Crippen molar-refractivity contribution in [3.05, 3.63) is 0 Å². The van der Waals surface area contributed by atoms with Crippen molar-refractivity contribution < 1.29 is 9.53 Å². The second-order valence-corrected chi connectivity index (χ2v) is 4.57. The molecule has 0 aliphatic carbocycles. The maximum absolute atomic E-state index is 11.5. The Kier molecular flexibility index (Phi) is 9.74. The van der Waals surface area contributed by atoms with Gasteiger partial charge in [0.1, 0.15) is 6.10 Å². The van der Waals surface area contributed by atoms with E-state index in [1.807, 2.05) is 18.7 Å². The van der Waals surface area contributed by atoms with Crippen LogP contribution in [0.15, 0.2) is 0 Å². The third-order valence-electron chi connectivity index (χ3n) is 2.85. The van der Waals surface area contributed by atoms with Gasteiger partial charge in [0.25, 0.3) is 0 Å². The minimum Gasteiger partial charge on any atom is -0.443 e. The summed E-state index contributed by atoms with van der Waals surface area (Å²) in [5, 5.41) is 0. The zero-order valence-corrected chi connectivity index (χ0v) is 12.7. The molecule has 0 aromatic carbocycles. The summed E-state index contributed by atoms with van der Waals surface area (Å²) in [7, 11) is 2.08. The lowest BCUT2D eigenvalue weighted by Gasteiger charge is -2.18. The van der Waals surface area contributed by atoms with Crippen LogP contribution >= 0.6 is 0 Å². The van der Waals surface area contributed by atoms with Gasteiger partial charge in [-0.15, -0.1) is 0 Å². The van der Waals surface area contributed by atoms with Crippen molar-refractivity contribution in [1.82, 2.24) is 9.80 Å². The number of ether oxygens (including phenoxy) is 1. The average molecular weight is 258 g/mol. The monoisotopic (exact) mass is 258 g/mol. The first-order chi connectivity index (χ1) is 8.67. The summed E-state index contributed by atoms with van der Waals surface area (Å²) < 4.78 is 5.33. The Balaban J connectivity index is 0.00000137. The van der Waals surface area contributed by atoms with E-state index >= 15 is 0 Å². The second kappa shape index (κ2) is 10.2. The fourth-order valence-electron chi connectivity index (χ4n) is 2.02. The summed E-state index contributed by atoms with van der Waals surface area (Å²) in [4.78, 5) is 15.6. The van der Waals surface area contributed by atoms with E-state index in [1.165, 1.54) is 0 Å². The number of hydrogen-bond acceptors (Lipinski definition) is 3. The number of nitrogens with zero attached hydrogens (tertiary/aromatic N) is 2. The number of rotatable bonds is 7. The van der Waals surface area contributed by atoms with E-state index in [0.29, 0.717) is 0 Å². The zero-order chi connectivity index (χ0) is 14.0. The van der Waals surface area contributed by atoms with Crippen molar-refractivity contribution in [1.29, 1.82) is 0 Å². The summed E-state index contributed by atoms with van der Waals surface area (Å²) in [6.07, 6.45) is 3.23. The summed E-state index contributed by atoms with van der Waals surface area (Å²) in [6, 6.07) is 0. The highest BCUT2D eigenvalue weighted by molar-refractivity contribution is 5.69. The number of hydrogen-bond donors (Lipinski definition) is 0. The van der Waals surface area contributed by atoms with E-state index in [9.17, 15) is 4.79 Å². The molecule has 1 aliphatic rings. The summed E-state index contributed by atoms with van der Waals surface area (Å²) in [6.45, 7) is 11.8. The first-order valence-electron chi connectivity index (χ1n) is 7.31. The standard InChI is InChI=1S/C12H24N2O2.C2H6/c1-4-6-8-14-10-11(16-12(14)15)9-13(3)7-5-2;1-2/h11H,4-10H2,1-3H3;1-2H3. The van der Waals surface area contributed by atoms with Gasteiger partial charge in [-0.05, 0) is 26.4 Å². The molecule has 1 aliphatic heterocycles. The summed E-state index contributed by atoms with van der Waals surface area (Å²) in [5.41, 5.74) is 0. The first-order valence-corrected chi connectivity index (χ1v) is 7.31. The van der Waals surface area contributed by atoms with E-state index in [0.717, 1.165) is 45.4 Å². The van der Waals surface area contributed by atoms with Crippen LogP contribution in [0.1, 0.15) is 47.0 Å². The third kappa shape index (κ3) is 6.24. The van der Waals surface area contributed by atoms with Crippen LogP contribution in [0.3, 0.4) is 0 Å². The molecule has 18 heavy (non-hydrogen) atoms. The predicted molar refractivity (Wildman–Crippen MR) is 75.9 cm³/mol. The largest absolute Gasteiger partial charge is 0.443 e. The van der Waals surface area contributed by atoms with Crippen LogP contribution in [-0.4, -0.2) is 55.2 Å². The molecule has 1 heterocycles. The molecule has 0 bridgehead atoms. The van der Waals surface area contributed by atoms with E-state index in [2.05, 4.69) is 25.8 Å². The van der Waals surface area contributed by atoms with Crippen LogP contribution in [0, 0.1) is 0 Å². The fourth-order valence-corrected chi connectivity index (χ4v) is 2.02. The Labute approximate surface area is 112 Å². The molecule has 0 spiro atoms. The van der Waals surface area contributed by atoms with Gasteiger partial charge in [0.05, 0.1) is 6.54 Å². The first kappa shape index (κ1) is 17.2. The van der Waals surface area contributed by atoms with Crippen molar-refractivity contribution in [2.45, 2.75) is 53.1 Å². The Morgan fingerprint density at radius 3 is 2.56 bits per heavy atom.